The molecule has 3 aromatic rings. The van der Waals surface area contributed by atoms with Crippen LogP contribution in [0.25, 0.3) is 0 Å². The molecule has 1 fully saturated rings. The zero-order chi connectivity index (χ0) is 25.3. The van der Waals surface area contributed by atoms with Gasteiger partial charge in [-0.25, -0.2) is 4.39 Å². The van der Waals surface area contributed by atoms with Crippen LogP contribution in [0.1, 0.15) is 36.8 Å². The van der Waals surface area contributed by atoms with Crippen molar-refractivity contribution in [1.82, 2.24) is 10.2 Å². The minimum absolute atomic E-state index is 0.112. The number of amides is 2. The zero-order valence-electron chi connectivity index (χ0n) is 20.0. The fourth-order valence-electron chi connectivity index (χ4n) is 4.49. The van der Waals surface area contributed by atoms with Gasteiger partial charge in [-0.2, -0.15) is 0 Å². The number of nitrogens with one attached hydrogen (secondary N) is 1. The number of benzene rings is 3. The van der Waals surface area contributed by atoms with Gasteiger partial charge in [0.2, 0.25) is 5.91 Å². The Morgan fingerprint density at radius 3 is 2.39 bits per heavy atom. The summed E-state index contributed by atoms with van der Waals surface area (Å²) in [6.45, 7) is -0.114. The lowest BCUT2D eigenvalue weighted by molar-refractivity contribution is -0.143. The fraction of sp³-hybridized carbons (Fsp3) is 0.310. The van der Waals surface area contributed by atoms with Crippen molar-refractivity contribution in [2.45, 2.75) is 50.7 Å². The molecule has 1 saturated carbocycles. The third-order valence-corrected chi connectivity index (χ3v) is 6.63. The van der Waals surface area contributed by atoms with Crippen LogP contribution in [0.3, 0.4) is 0 Å². The maximum absolute atomic E-state index is 13.6. The Labute approximate surface area is 216 Å². The zero-order valence-corrected chi connectivity index (χ0v) is 20.8. The third kappa shape index (κ3) is 7.31. The van der Waals surface area contributed by atoms with Gasteiger partial charge in [0.15, 0.2) is 6.61 Å². The van der Waals surface area contributed by atoms with Gasteiger partial charge in [0, 0.05) is 24.0 Å². The predicted octanol–water partition coefficient (Wildman–Crippen LogP) is 5.56. The molecule has 0 spiro atoms. The van der Waals surface area contributed by atoms with Crippen LogP contribution in [0.15, 0.2) is 78.9 Å². The van der Waals surface area contributed by atoms with Crippen LogP contribution in [0.5, 0.6) is 5.75 Å². The van der Waals surface area contributed by atoms with Crippen molar-refractivity contribution < 1.29 is 18.7 Å². The van der Waals surface area contributed by atoms with E-state index in [-0.39, 0.29) is 36.8 Å². The van der Waals surface area contributed by atoms with Gasteiger partial charge in [-0.15, -0.1) is 0 Å². The molecule has 3 aromatic carbocycles. The highest BCUT2D eigenvalue weighted by Gasteiger charge is 2.32. The molecule has 7 heteroatoms. The smallest absolute Gasteiger partial charge is 0.261 e. The van der Waals surface area contributed by atoms with Crippen molar-refractivity contribution in [3.63, 3.8) is 0 Å². The van der Waals surface area contributed by atoms with Gasteiger partial charge in [-0.05, 0) is 54.3 Å². The number of hydrogen-bond donors (Lipinski definition) is 1. The second kappa shape index (κ2) is 12.5. The van der Waals surface area contributed by atoms with E-state index in [1.807, 2.05) is 30.3 Å². The largest absolute Gasteiger partial charge is 0.484 e. The molecule has 0 aliphatic heterocycles. The number of carbonyl (C=O) groups excluding carboxylic acids is 2. The molecule has 5 nitrogen and oxygen atoms in total. The van der Waals surface area contributed by atoms with Crippen LogP contribution in [-0.2, 0) is 22.6 Å². The van der Waals surface area contributed by atoms with Gasteiger partial charge in [0.1, 0.15) is 17.6 Å². The summed E-state index contributed by atoms with van der Waals surface area (Å²) in [5.41, 5.74) is 1.66. The summed E-state index contributed by atoms with van der Waals surface area (Å²) in [4.78, 5) is 28.7. The average molecular weight is 509 g/mol. The summed E-state index contributed by atoms with van der Waals surface area (Å²) in [5, 5.41) is 3.66. The molecule has 1 N–H and O–H groups in total. The summed E-state index contributed by atoms with van der Waals surface area (Å²) in [5.74, 6) is -0.431. The monoisotopic (exact) mass is 508 g/mol. The third-order valence-electron chi connectivity index (χ3n) is 6.40. The van der Waals surface area contributed by atoms with E-state index in [0.29, 0.717) is 17.2 Å². The first-order valence-corrected chi connectivity index (χ1v) is 12.6. The highest BCUT2D eigenvalue weighted by molar-refractivity contribution is 6.30. The van der Waals surface area contributed by atoms with Crippen molar-refractivity contribution >= 4 is 23.4 Å². The first-order valence-electron chi connectivity index (χ1n) is 12.2. The molecule has 4 rings (SSSR count). The average Bonchev–Trinajstić information content (AvgIpc) is 3.39. The molecule has 1 atom stereocenters. The first-order chi connectivity index (χ1) is 17.5. The summed E-state index contributed by atoms with van der Waals surface area (Å²) in [6.07, 6.45) is 4.39. The minimum atomic E-state index is -0.756. The molecule has 0 aromatic heterocycles. The second-order valence-electron chi connectivity index (χ2n) is 9.09. The number of hydrogen-bond acceptors (Lipinski definition) is 3. The van der Waals surface area contributed by atoms with Gasteiger partial charge in [-0.1, -0.05) is 73.0 Å². The lowest BCUT2D eigenvalue weighted by atomic mass is 10.0. The highest BCUT2D eigenvalue weighted by atomic mass is 35.5. The quantitative estimate of drug-likeness (QED) is 0.390. The van der Waals surface area contributed by atoms with Gasteiger partial charge < -0.3 is 15.0 Å². The molecule has 0 heterocycles. The Hall–Kier alpha value is -3.38. The summed E-state index contributed by atoms with van der Waals surface area (Å²) in [7, 11) is 0. The lowest BCUT2D eigenvalue weighted by Crippen LogP contribution is -2.53. The van der Waals surface area contributed by atoms with Crippen LogP contribution in [-0.4, -0.2) is 35.4 Å². The maximum Gasteiger partial charge on any atom is 0.261 e. The number of ether oxygens (including phenoxy) is 1. The second-order valence-corrected chi connectivity index (χ2v) is 9.53. The minimum Gasteiger partial charge on any atom is -0.484 e. The van der Waals surface area contributed by atoms with E-state index in [9.17, 15) is 14.0 Å². The molecule has 0 saturated heterocycles. The molecule has 36 heavy (non-hydrogen) atoms. The van der Waals surface area contributed by atoms with E-state index in [0.717, 1.165) is 36.8 Å². The normalized spacial score (nSPS) is 14.3. The topological polar surface area (TPSA) is 58.6 Å². The number of nitrogens with zero attached hydrogens (tertiary/aromatic N) is 1. The first kappa shape index (κ1) is 25.7. The van der Waals surface area contributed by atoms with Crippen molar-refractivity contribution in [2.75, 3.05) is 6.61 Å². The van der Waals surface area contributed by atoms with Crippen molar-refractivity contribution in [3.05, 3.63) is 101 Å². The fourth-order valence-corrected chi connectivity index (χ4v) is 4.67. The summed E-state index contributed by atoms with van der Waals surface area (Å²) < 4.78 is 19.3. The van der Waals surface area contributed by atoms with E-state index in [1.165, 1.54) is 17.0 Å². The van der Waals surface area contributed by atoms with E-state index in [2.05, 4.69) is 5.32 Å². The van der Waals surface area contributed by atoms with Crippen LogP contribution in [0.4, 0.5) is 4.39 Å². The molecule has 0 bridgehead atoms. The Bertz CT molecular complexity index is 1150. The van der Waals surface area contributed by atoms with Crippen LogP contribution >= 0.6 is 11.6 Å². The van der Waals surface area contributed by atoms with E-state index < -0.39 is 6.04 Å². The molecular weight excluding hydrogens is 479 g/mol. The molecule has 1 aliphatic carbocycles. The summed E-state index contributed by atoms with van der Waals surface area (Å²) >= 11 is 6.05. The Balaban J connectivity index is 1.60. The summed E-state index contributed by atoms with van der Waals surface area (Å²) in [6, 6.07) is 21.8. The Morgan fingerprint density at radius 2 is 1.69 bits per heavy atom. The van der Waals surface area contributed by atoms with Crippen LogP contribution in [0.2, 0.25) is 5.02 Å². The van der Waals surface area contributed by atoms with Crippen molar-refractivity contribution in [3.8, 4) is 5.75 Å². The molecule has 188 valence electrons. The van der Waals surface area contributed by atoms with Crippen LogP contribution < -0.4 is 10.1 Å². The number of halogens is 2. The SMILES string of the molecule is O=C(NC1CCCC1)C(Cc1ccccc1)N(Cc1ccc(F)cc1)C(=O)COc1cccc(Cl)c1. The molecule has 0 radical (unpaired) electrons. The standard InChI is InChI=1S/C29H30ClFN2O3/c30-23-9-6-12-26(18-23)36-20-28(34)33(19-22-13-15-24(31)16-14-22)27(17-21-7-2-1-3-8-21)29(35)32-25-10-4-5-11-25/h1-3,6-9,12-16,18,25,27H,4-5,10-11,17,19-20H2,(H,32,35). The number of rotatable bonds is 10. The van der Waals surface area contributed by atoms with Gasteiger partial charge >= 0.3 is 0 Å². The van der Waals surface area contributed by atoms with E-state index in [1.54, 1.807) is 36.4 Å². The molecule has 1 unspecified atom stereocenters. The Morgan fingerprint density at radius 1 is 0.972 bits per heavy atom. The van der Waals surface area contributed by atoms with Crippen LogP contribution in [0, 0.1) is 5.82 Å². The predicted molar refractivity (Wildman–Crippen MR) is 138 cm³/mol. The van der Waals surface area contributed by atoms with Crippen molar-refractivity contribution in [1.29, 1.82) is 0 Å². The Kier molecular flexibility index (Phi) is 8.95. The molecule has 2 amide bonds. The maximum atomic E-state index is 13.6. The van der Waals surface area contributed by atoms with E-state index >= 15 is 0 Å². The van der Waals surface area contributed by atoms with Crippen molar-refractivity contribution in [2.24, 2.45) is 0 Å². The van der Waals surface area contributed by atoms with Gasteiger partial charge in [-0.3, -0.25) is 9.59 Å². The van der Waals surface area contributed by atoms with Gasteiger partial charge in [0.05, 0.1) is 0 Å². The van der Waals surface area contributed by atoms with E-state index in [4.69, 9.17) is 16.3 Å². The molecular formula is C29H30ClFN2O3. The number of carbonyl (C=O) groups is 2. The molecule has 1 aliphatic rings. The highest BCUT2D eigenvalue weighted by Crippen LogP contribution is 2.21. The van der Waals surface area contributed by atoms with Gasteiger partial charge in [0.25, 0.3) is 5.91 Å². The lowest BCUT2D eigenvalue weighted by Gasteiger charge is -2.32.